The molecule has 170 valence electrons. The van der Waals surface area contributed by atoms with Gasteiger partial charge in [-0.25, -0.2) is 9.78 Å². The van der Waals surface area contributed by atoms with E-state index in [1.807, 2.05) is 0 Å². The van der Waals surface area contributed by atoms with Crippen LogP contribution in [0.5, 0.6) is 0 Å². The quantitative estimate of drug-likeness (QED) is 0.148. The predicted molar refractivity (Wildman–Crippen MR) is 130 cm³/mol. The van der Waals surface area contributed by atoms with Crippen LogP contribution in [0.25, 0.3) is 11.1 Å². The van der Waals surface area contributed by atoms with Crippen molar-refractivity contribution >= 4 is 0 Å². The fraction of sp³-hybridized carbons (Fsp3) is 0.500. The summed E-state index contributed by atoms with van der Waals surface area (Å²) in [7, 11) is 0. The van der Waals surface area contributed by atoms with Crippen molar-refractivity contribution in [1.29, 1.82) is 0 Å². The topological polar surface area (TPSA) is 38.7 Å². The zero-order valence-corrected chi connectivity index (χ0v) is 19.7. The highest BCUT2D eigenvalue weighted by Crippen LogP contribution is 2.29. The summed E-state index contributed by atoms with van der Waals surface area (Å²) in [5.41, 5.74) is 8.70. The molecule has 1 N–H and O–H groups in total. The number of hydrogen-bond acceptors (Lipinski definition) is 3. The van der Waals surface area contributed by atoms with Crippen molar-refractivity contribution < 1.29 is 14.9 Å². The van der Waals surface area contributed by atoms with Crippen LogP contribution >= 0.6 is 0 Å². The van der Waals surface area contributed by atoms with Gasteiger partial charge in [-0.05, 0) is 71.6 Å². The van der Waals surface area contributed by atoms with Crippen LogP contribution in [0.3, 0.4) is 0 Å². The van der Waals surface area contributed by atoms with E-state index >= 15 is 0 Å². The molecule has 0 saturated carbocycles. The van der Waals surface area contributed by atoms with Crippen molar-refractivity contribution in [3.8, 4) is 11.1 Å². The molecule has 0 saturated heterocycles. The van der Waals surface area contributed by atoms with Crippen molar-refractivity contribution in [2.24, 2.45) is 0 Å². The van der Waals surface area contributed by atoms with Crippen LogP contribution in [0.1, 0.15) is 68.2 Å². The summed E-state index contributed by atoms with van der Waals surface area (Å²) in [6.07, 6.45) is 9.56. The summed E-state index contributed by atoms with van der Waals surface area (Å²) in [6.45, 7) is 11.0. The molecule has 0 atom stereocenters. The molecular weight excluding hydrogens is 384 g/mol. The second kappa shape index (κ2) is 14.2. The normalized spacial score (nSPS) is 11.1. The number of hydrogen-bond donors (Lipinski definition) is 1. The third-order valence-electron chi connectivity index (χ3n) is 5.81. The van der Waals surface area contributed by atoms with Gasteiger partial charge in [-0.2, -0.15) is 0 Å². The summed E-state index contributed by atoms with van der Waals surface area (Å²) < 4.78 is 0. The van der Waals surface area contributed by atoms with Crippen molar-refractivity contribution in [3.63, 3.8) is 0 Å². The third kappa shape index (κ3) is 8.60. The number of aliphatic hydroxyl groups is 1. The molecule has 0 amide bonds. The molecule has 2 rings (SSSR count). The number of aliphatic hydroxyl groups excluding tert-OH is 1. The van der Waals surface area contributed by atoms with Crippen molar-refractivity contribution in [1.82, 2.24) is 0 Å². The minimum Gasteiger partial charge on any atom is -0.392 e. The van der Waals surface area contributed by atoms with Gasteiger partial charge in [0.15, 0.2) is 0 Å². The monoisotopic (exact) mass is 424 g/mol. The lowest BCUT2D eigenvalue weighted by Crippen LogP contribution is -2.05. The summed E-state index contributed by atoms with van der Waals surface area (Å²) in [5, 5.41) is 8.92. The Balaban J connectivity index is 2.02. The maximum absolute atomic E-state index is 8.92. The highest BCUT2D eigenvalue weighted by atomic mass is 17.2. The Morgan fingerprint density at radius 1 is 0.903 bits per heavy atom. The van der Waals surface area contributed by atoms with Crippen LogP contribution in [0, 0.1) is 6.92 Å². The first-order valence-electron chi connectivity index (χ1n) is 11.8. The first-order chi connectivity index (χ1) is 15.1. The molecule has 3 nitrogen and oxygen atoms in total. The average Bonchev–Trinajstić information content (AvgIpc) is 2.79. The van der Waals surface area contributed by atoms with Gasteiger partial charge in [-0.15, -0.1) is 0 Å². The zero-order chi connectivity index (χ0) is 22.5. The largest absolute Gasteiger partial charge is 0.392 e. The van der Waals surface area contributed by atoms with Crippen LogP contribution in [0.2, 0.25) is 0 Å². The Bertz CT molecular complexity index is 810. The lowest BCUT2D eigenvalue weighted by molar-refractivity contribution is -0.287. The zero-order valence-electron chi connectivity index (χ0n) is 19.7. The number of aryl methyl sites for hydroxylation is 3. The molecule has 0 bridgehead atoms. The predicted octanol–water partition coefficient (Wildman–Crippen LogP) is 6.78. The Labute approximate surface area is 189 Å². The SMILES string of the molecule is C=C(CO)COOCCc1ccc(-c2ccc(CC)cc2CCCCCCC)cc1C. The van der Waals surface area contributed by atoms with E-state index in [4.69, 9.17) is 14.9 Å². The molecule has 0 aliphatic heterocycles. The molecular formula is C28H40O3. The molecule has 0 aliphatic carbocycles. The summed E-state index contributed by atoms with van der Waals surface area (Å²) in [5.74, 6) is 0. The number of unbranched alkanes of at least 4 members (excludes halogenated alkanes) is 4. The van der Waals surface area contributed by atoms with Crippen molar-refractivity contribution in [2.75, 3.05) is 19.8 Å². The van der Waals surface area contributed by atoms with E-state index in [1.54, 1.807) is 0 Å². The molecule has 3 heteroatoms. The van der Waals surface area contributed by atoms with E-state index in [1.165, 1.54) is 65.5 Å². The van der Waals surface area contributed by atoms with Gasteiger partial charge in [0.05, 0.1) is 13.2 Å². The van der Waals surface area contributed by atoms with Crippen molar-refractivity contribution in [2.45, 2.75) is 72.1 Å². The van der Waals surface area contributed by atoms with E-state index in [0.29, 0.717) is 12.2 Å². The van der Waals surface area contributed by atoms with E-state index in [2.05, 4.69) is 63.7 Å². The minimum atomic E-state index is -0.0795. The number of rotatable bonds is 15. The molecule has 2 aromatic carbocycles. The van der Waals surface area contributed by atoms with Crippen molar-refractivity contribution in [3.05, 3.63) is 70.8 Å². The molecule has 0 aromatic heterocycles. The van der Waals surface area contributed by atoms with Gasteiger partial charge in [-0.3, -0.25) is 0 Å². The Morgan fingerprint density at radius 2 is 1.71 bits per heavy atom. The third-order valence-corrected chi connectivity index (χ3v) is 5.81. The second-order valence-corrected chi connectivity index (χ2v) is 8.39. The second-order valence-electron chi connectivity index (χ2n) is 8.39. The molecule has 2 aromatic rings. The Hall–Kier alpha value is -1.94. The summed E-state index contributed by atoms with van der Waals surface area (Å²) in [4.78, 5) is 10.3. The average molecular weight is 425 g/mol. The van der Waals surface area contributed by atoms with Gasteiger partial charge >= 0.3 is 0 Å². The fourth-order valence-corrected chi connectivity index (χ4v) is 3.80. The molecule has 0 unspecified atom stereocenters. The molecule has 0 aliphatic rings. The number of benzene rings is 2. The van der Waals surface area contributed by atoms with Gasteiger partial charge in [-0.1, -0.05) is 82.5 Å². The van der Waals surface area contributed by atoms with Crippen LogP contribution in [0.4, 0.5) is 0 Å². The summed E-state index contributed by atoms with van der Waals surface area (Å²) in [6, 6.07) is 13.7. The maximum Gasteiger partial charge on any atom is 0.105 e. The van der Waals surface area contributed by atoms with Crippen LogP contribution in [-0.4, -0.2) is 24.9 Å². The maximum atomic E-state index is 8.92. The Morgan fingerprint density at radius 3 is 2.42 bits per heavy atom. The van der Waals surface area contributed by atoms with E-state index in [-0.39, 0.29) is 13.2 Å². The first-order valence-corrected chi connectivity index (χ1v) is 11.8. The highest BCUT2D eigenvalue weighted by molar-refractivity contribution is 5.69. The van der Waals surface area contributed by atoms with Gasteiger partial charge < -0.3 is 5.11 Å². The fourth-order valence-electron chi connectivity index (χ4n) is 3.80. The van der Waals surface area contributed by atoms with E-state index in [0.717, 1.165) is 19.3 Å². The lowest BCUT2D eigenvalue weighted by Gasteiger charge is -2.14. The standard InChI is InChI=1S/C28H40O3/c1-5-7-8-9-10-11-26-19-24(6-2)12-15-28(26)27-14-13-25(23(4)18-27)16-17-30-31-21-22(3)20-29/h12-15,18-19,29H,3,5-11,16-17,20-21H2,1-2,4H3. The van der Waals surface area contributed by atoms with Crippen LogP contribution < -0.4 is 0 Å². The summed E-state index contributed by atoms with van der Waals surface area (Å²) >= 11 is 0. The van der Waals surface area contributed by atoms with E-state index < -0.39 is 0 Å². The molecule has 0 radical (unpaired) electrons. The minimum absolute atomic E-state index is 0.0795. The smallest absolute Gasteiger partial charge is 0.105 e. The van der Waals surface area contributed by atoms with Crippen LogP contribution in [0.15, 0.2) is 48.6 Å². The molecule has 0 spiro atoms. The molecule has 0 fully saturated rings. The van der Waals surface area contributed by atoms with Gasteiger partial charge in [0.25, 0.3) is 0 Å². The van der Waals surface area contributed by atoms with E-state index in [9.17, 15) is 0 Å². The van der Waals surface area contributed by atoms with Gasteiger partial charge in [0, 0.05) is 0 Å². The lowest BCUT2D eigenvalue weighted by atomic mass is 9.91. The van der Waals surface area contributed by atoms with Gasteiger partial charge in [0.1, 0.15) is 6.61 Å². The van der Waals surface area contributed by atoms with Crippen LogP contribution in [-0.2, 0) is 29.0 Å². The first kappa shape index (κ1) is 25.3. The molecule has 0 heterocycles. The highest BCUT2D eigenvalue weighted by Gasteiger charge is 2.09. The molecule has 31 heavy (non-hydrogen) atoms. The van der Waals surface area contributed by atoms with Gasteiger partial charge in [0.2, 0.25) is 0 Å². The Kier molecular flexibility index (Phi) is 11.6.